The number of aromatic amines is 1. The van der Waals surface area contributed by atoms with Crippen molar-refractivity contribution >= 4 is 16.8 Å². The Morgan fingerprint density at radius 3 is 2.30 bits per heavy atom. The van der Waals surface area contributed by atoms with E-state index in [0.29, 0.717) is 36.0 Å². The summed E-state index contributed by atoms with van der Waals surface area (Å²) < 4.78 is 22.1. The molecule has 8 nitrogen and oxygen atoms in total. The lowest BCUT2D eigenvalue weighted by Crippen LogP contribution is -2.39. The first kappa shape index (κ1) is 25.9. The fourth-order valence-corrected chi connectivity index (χ4v) is 4.28. The number of carbonyl (C=O) groups excluding carboxylic acids is 1. The van der Waals surface area contributed by atoms with Crippen LogP contribution in [0.2, 0.25) is 0 Å². The average Bonchev–Trinajstić information content (AvgIpc) is 3.34. The molecule has 0 aliphatic heterocycles. The first-order valence-corrected chi connectivity index (χ1v) is 12.0. The molecule has 0 fully saturated rings. The van der Waals surface area contributed by atoms with Crippen molar-refractivity contribution in [2.75, 3.05) is 27.9 Å². The van der Waals surface area contributed by atoms with Crippen LogP contribution in [0.4, 0.5) is 0 Å². The first-order valence-electron chi connectivity index (χ1n) is 12.0. The number of amides is 1. The maximum Gasteiger partial charge on any atom is 0.224 e. The Bertz CT molecular complexity index is 1310. The molecule has 0 spiro atoms. The number of H-pyrrole nitrogens is 1. The highest BCUT2D eigenvalue weighted by atomic mass is 16.5. The van der Waals surface area contributed by atoms with Gasteiger partial charge in [0, 0.05) is 17.1 Å². The van der Waals surface area contributed by atoms with Crippen molar-refractivity contribution in [3.8, 4) is 23.0 Å². The van der Waals surface area contributed by atoms with Gasteiger partial charge in [-0.1, -0.05) is 30.3 Å². The van der Waals surface area contributed by atoms with Gasteiger partial charge in [-0.2, -0.15) is 0 Å². The molecule has 194 valence electrons. The Hall–Kier alpha value is -4.17. The zero-order valence-electron chi connectivity index (χ0n) is 21.2. The summed E-state index contributed by atoms with van der Waals surface area (Å²) in [5, 5.41) is 13.9. The maximum atomic E-state index is 12.6. The lowest BCUT2D eigenvalue weighted by atomic mass is 10.0. The molecular weight excluding hydrogens is 472 g/mol. The number of aromatic nitrogens is 1. The van der Waals surface area contributed by atoms with Crippen molar-refractivity contribution in [2.24, 2.45) is 0 Å². The Kier molecular flexibility index (Phi) is 8.53. The molecule has 0 bridgehead atoms. The summed E-state index contributed by atoms with van der Waals surface area (Å²) in [5.74, 6) is 2.18. The van der Waals surface area contributed by atoms with E-state index in [4.69, 9.17) is 18.9 Å². The fraction of sp³-hybridized carbons (Fsp3) is 0.276. The van der Waals surface area contributed by atoms with Crippen LogP contribution in [0.15, 0.2) is 66.9 Å². The van der Waals surface area contributed by atoms with E-state index < -0.39 is 0 Å². The van der Waals surface area contributed by atoms with E-state index in [2.05, 4.69) is 10.3 Å². The molecular formula is C29H32N2O6. The third kappa shape index (κ3) is 6.34. The van der Waals surface area contributed by atoms with Crippen molar-refractivity contribution in [3.63, 3.8) is 0 Å². The number of nitrogens with one attached hydrogen (secondary N) is 2. The largest absolute Gasteiger partial charge is 0.493 e. The van der Waals surface area contributed by atoms with Crippen LogP contribution in [0.3, 0.4) is 0 Å². The van der Waals surface area contributed by atoms with Crippen LogP contribution < -0.4 is 24.3 Å². The zero-order chi connectivity index (χ0) is 26.2. The Balaban J connectivity index is 1.32. The summed E-state index contributed by atoms with van der Waals surface area (Å²) in [6.45, 7) is 0.168. The minimum absolute atomic E-state index is 0.140. The molecule has 1 aromatic heterocycles. The summed E-state index contributed by atoms with van der Waals surface area (Å²) >= 11 is 0. The number of hydrogen-bond acceptors (Lipinski definition) is 6. The summed E-state index contributed by atoms with van der Waals surface area (Å²) in [6.07, 6.45) is 2.67. The van der Waals surface area contributed by atoms with Crippen LogP contribution in [0.1, 0.15) is 16.7 Å². The molecule has 4 rings (SSSR count). The number of hydrogen-bond donors (Lipinski definition) is 3. The van der Waals surface area contributed by atoms with Gasteiger partial charge in [0.05, 0.1) is 40.4 Å². The van der Waals surface area contributed by atoms with Gasteiger partial charge < -0.3 is 34.4 Å². The molecule has 3 N–H and O–H groups in total. The highest BCUT2D eigenvalue weighted by Crippen LogP contribution is 2.38. The second-order valence-electron chi connectivity index (χ2n) is 8.65. The molecule has 0 radical (unpaired) electrons. The van der Waals surface area contributed by atoms with Crippen LogP contribution in [-0.4, -0.2) is 50.0 Å². The van der Waals surface area contributed by atoms with Crippen LogP contribution in [0.5, 0.6) is 23.0 Å². The Morgan fingerprint density at radius 2 is 1.65 bits per heavy atom. The van der Waals surface area contributed by atoms with Gasteiger partial charge in [-0.25, -0.2) is 0 Å². The van der Waals surface area contributed by atoms with Crippen LogP contribution >= 0.6 is 0 Å². The third-order valence-corrected chi connectivity index (χ3v) is 6.14. The quantitative estimate of drug-likeness (QED) is 0.269. The zero-order valence-corrected chi connectivity index (χ0v) is 21.2. The lowest BCUT2D eigenvalue weighted by Gasteiger charge is -2.16. The predicted octanol–water partition coefficient (Wildman–Crippen LogP) is 4.04. The second-order valence-corrected chi connectivity index (χ2v) is 8.65. The molecule has 0 saturated carbocycles. The van der Waals surface area contributed by atoms with E-state index in [1.165, 1.54) is 0 Å². The third-order valence-electron chi connectivity index (χ3n) is 6.14. The van der Waals surface area contributed by atoms with E-state index in [1.54, 1.807) is 21.3 Å². The maximum absolute atomic E-state index is 12.6. The minimum atomic E-state index is -0.368. The average molecular weight is 505 g/mol. The van der Waals surface area contributed by atoms with Crippen molar-refractivity contribution < 1.29 is 28.8 Å². The minimum Gasteiger partial charge on any atom is -0.493 e. The number of aliphatic hydroxyl groups is 1. The lowest BCUT2D eigenvalue weighted by molar-refractivity contribution is -0.121. The van der Waals surface area contributed by atoms with Gasteiger partial charge in [0.25, 0.3) is 0 Å². The topological polar surface area (TPSA) is 102 Å². The van der Waals surface area contributed by atoms with Gasteiger partial charge in [-0.05, 0) is 53.4 Å². The first-order chi connectivity index (χ1) is 18.0. The van der Waals surface area contributed by atoms with Gasteiger partial charge in [0.2, 0.25) is 11.7 Å². The van der Waals surface area contributed by atoms with E-state index in [9.17, 15) is 9.90 Å². The van der Waals surface area contributed by atoms with Crippen LogP contribution in [-0.2, 0) is 24.2 Å². The summed E-state index contributed by atoms with van der Waals surface area (Å²) in [7, 11) is 4.70. The van der Waals surface area contributed by atoms with E-state index in [-0.39, 0.29) is 25.0 Å². The molecule has 1 unspecified atom stereocenters. The normalized spacial score (nSPS) is 11.7. The number of rotatable bonds is 12. The summed E-state index contributed by atoms with van der Waals surface area (Å²) in [6, 6.07) is 18.7. The number of fused-ring (bicyclic) bond motifs is 1. The monoisotopic (exact) mass is 504 g/mol. The van der Waals surface area contributed by atoms with Gasteiger partial charge in [-0.15, -0.1) is 0 Å². The number of aliphatic hydroxyl groups excluding tert-OH is 1. The predicted molar refractivity (Wildman–Crippen MR) is 142 cm³/mol. The molecule has 4 aromatic rings. The molecule has 3 aromatic carbocycles. The van der Waals surface area contributed by atoms with Crippen molar-refractivity contribution in [1.82, 2.24) is 10.3 Å². The molecule has 8 heteroatoms. The molecule has 37 heavy (non-hydrogen) atoms. The molecule has 0 aliphatic rings. The van der Waals surface area contributed by atoms with Gasteiger partial charge >= 0.3 is 0 Å². The van der Waals surface area contributed by atoms with Crippen molar-refractivity contribution in [2.45, 2.75) is 25.5 Å². The van der Waals surface area contributed by atoms with Gasteiger partial charge in [-0.3, -0.25) is 4.79 Å². The molecule has 0 aliphatic carbocycles. The van der Waals surface area contributed by atoms with Crippen LogP contribution in [0.25, 0.3) is 10.9 Å². The summed E-state index contributed by atoms with van der Waals surface area (Å²) in [4.78, 5) is 15.9. The number of carbonyl (C=O) groups is 1. The second kappa shape index (κ2) is 12.2. The SMILES string of the molecule is COc1cc(COc2ccc(CC(=O)NC(CO)Cc3c[nH]c4ccccc34)cc2)cc(OC)c1OC. The van der Waals surface area contributed by atoms with Crippen LogP contribution in [0, 0.1) is 0 Å². The smallest absolute Gasteiger partial charge is 0.224 e. The summed E-state index contributed by atoms with van der Waals surface area (Å²) in [5.41, 5.74) is 3.81. The Labute approximate surface area is 216 Å². The number of methoxy groups -OCH3 is 3. The van der Waals surface area contributed by atoms with E-state index >= 15 is 0 Å². The van der Waals surface area contributed by atoms with Gasteiger partial charge in [0.15, 0.2) is 11.5 Å². The Morgan fingerprint density at radius 1 is 0.946 bits per heavy atom. The van der Waals surface area contributed by atoms with Crippen molar-refractivity contribution in [3.05, 3.63) is 83.6 Å². The molecule has 0 saturated heterocycles. The highest BCUT2D eigenvalue weighted by Gasteiger charge is 2.16. The number of ether oxygens (including phenoxy) is 4. The van der Waals surface area contributed by atoms with E-state index in [1.807, 2.05) is 66.9 Å². The van der Waals surface area contributed by atoms with E-state index in [0.717, 1.165) is 27.6 Å². The molecule has 1 amide bonds. The standard InChI is InChI=1S/C29H32N2O6/c1-34-26-12-20(13-27(35-2)29(26)36-3)18-37-23-10-8-19(9-11-23)14-28(33)31-22(17-32)15-21-16-30-25-7-5-4-6-24(21)25/h4-13,16,22,30,32H,14-15,17-18H2,1-3H3,(H,31,33). The molecule has 1 atom stereocenters. The number of benzene rings is 3. The van der Waals surface area contributed by atoms with Crippen molar-refractivity contribution in [1.29, 1.82) is 0 Å². The van der Waals surface area contributed by atoms with Gasteiger partial charge in [0.1, 0.15) is 12.4 Å². The highest BCUT2D eigenvalue weighted by molar-refractivity contribution is 5.83. The molecule has 1 heterocycles. The fourth-order valence-electron chi connectivity index (χ4n) is 4.28. The number of para-hydroxylation sites is 1.